The molecule has 0 saturated carbocycles. The van der Waals surface area contributed by atoms with E-state index in [2.05, 4.69) is 0 Å². The summed E-state index contributed by atoms with van der Waals surface area (Å²) in [4.78, 5) is 17.4. The minimum atomic E-state index is -0.833. The molecule has 0 aliphatic carbocycles. The summed E-state index contributed by atoms with van der Waals surface area (Å²) in [6.45, 7) is 0.833. The number of aliphatic carboxylic acids is 1. The Morgan fingerprint density at radius 1 is 1.56 bits per heavy atom. The SMILES string of the molecule is CC(=O)O.O=CO.[SnH2].[Zr]. The molecular weight excluding hydrogens is 310 g/mol. The predicted molar refractivity (Wildman–Crippen MR) is 30.5 cm³/mol. The molecule has 0 aromatic rings. The maximum absolute atomic E-state index is 9.00. The van der Waals surface area contributed by atoms with E-state index in [1.54, 1.807) is 0 Å². The molecule has 2 N–H and O–H groups in total. The van der Waals surface area contributed by atoms with E-state index in [4.69, 9.17) is 19.8 Å². The van der Waals surface area contributed by atoms with Gasteiger partial charge in [-0.15, -0.1) is 0 Å². The van der Waals surface area contributed by atoms with Crippen molar-refractivity contribution in [2.45, 2.75) is 6.92 Å². The molecule has 52 valence electrons. The van der Waals surface area contributed by atoms with Crippen molar-refractivity contribution in [3.63, 3.8) is 0 Å². The largest absolute Gasteiger partial charge is 0 e. The van der Waals surface area contributed by atoms with E-state index in [-0.39, 0.29) is 56.6 Å². The zero-order valence-corrected chi connectivity index (χ0v) is 11.5. The van der Waals surface area contributed by atoms with Crippen LogP contribution in [0.2, 0.25) is 0 Å². The van der Waals surface area contributed by atoms with E-state index < -0.39 is 5.97 Å². The van der Waals surface area contributed by atoms with Crippen LogP contribution in [0.5, 0.6) is 0 Å². The van der Waals surface area contributed by atoms with Crippen molar-refractivity contribution in [2.24, 2.45) is 0 Å². The van der Waals surface area contributed by atoms with E-state index in [1.807, 2.05) is 0 Å². The quantitative estimate of drug-likeness (QED) is 0.438. The van der Waals surface area contributed by atoms with Gasteiger partial charge >= 0.3 is 23.9 Å². The van der Waals surface area contributed by atoms with Gasteiger partial charge in [0.2, 0.25) is 0 Å². The number of hydrogen-bond donors (Lipinski definition) is 2. The first-order valence-electron chi connectivity index (χ1n) is 1.42. The van der Waals surface area contributed by atoms with Gasteiger partial charge in [0.15, 0.2) is 0 Å². The standard InChI is InChI=1S/C2H4O2.CH2O2.Sn.Zr.2H/c1-2(3)4;2-1-3;;;;/h1H3,(H,3,4);1H,(H,2,3);;;;. The van der Waals surface area contributed by atoms with Crippen molar-refractivity contribution >= 4 is 36.3 Å². The molecule has 6 heteroatoms. The summed E-state index contributed by atoms with van der Waals surface area (Å²) < 4.78 is 0. The summed E-state index contributed by atoms with van der Waals surface area (Å²) >= 11 is 0. The van der Waals surface area contributed by atoms with Crippen LogP contribution in [0.25, 0.3) is 0 Å². The first-order chi connectivity index (χ1) is 3.15. The molecule has 0 bridgehead atoms. The summed E-state index contributed by atoms with van der Waals surface area (Å²) in [6, 6.07) is 0. The smallest absolute Gasteiger partial charge is 0 e. The third-order valence-corrected chi connectivity index (χ3v) is 0. The predicted octanol–water partition coefficient (Wildman–Crippen LogP) is -1.13. The third kappa shape index (κ3) is 978. The fourth-order valence-corrected chi connectivity index (χ4v) is 0. The van der Waals surface area contributed by atoms with Gasteiger partial charge in [0.1, 0.15) is 0 Å². The summed E-state index contributed by atoms with van der Waals surface area (Å²) in [5.74, 6) is -0.833. The fraction of sp³-hybridized carbons (Fsp3) is 0.333. The van der Waals surface area contributed by atoms with Crippen molar-refractivity contribution in [3.05, 3.63) is 0 Å². The second kappa shape index (κ2) is 23.4. The minimum Gasteiger partial charge on any atom is 0 e. The van der Waals surface area contributed by atoms with Crippen molar-refractivity contribution in [1.29, 1.82) is 0 Å². The van der Waals surface area contributed by atoms with Gasteiger partial charge in [-0.1, -0.05) is 0 Å². The zero-order valence-electron chi connectivity index (χ0n) is 5.00. The van der Waals surface area contributed by atoms with E-state index in [0.29, 0.717) is 0 Å². The van der Waals surface area contributed by atoms with Crippen LogP contribution in [0.4, 0.5) is 0 Å². The van der Waals surface area contributed by atoms with Gasteiger partial charge in [-0.2, -0.15) is 0 Å². The number of carboxylic acid groups (broad SMARTS) is 2. The molecule has 0 amide bonds. The number of rotatable bonds is 0. The van der Waals surface area contributed by atoms with Crippen molar-refractivity contribution in [2.75, 3.05) is 0 Å². The molecule has 0 aliphatic heterocycles. The Balaban J connectivity index is -0.0000000233. The Hall–Kier alpha value is 0.622. The van der Waals surface area contributed by atoms with Crippen LogP contribution in [0.1, 0.15) is 6.92 Å². The second-order valence-electron chi connectivity index (χ2n) is 0.624. The first kappa shape index (κ1) is 22.6. The summed E-state index contributed by atoms with van der Waals surface area (Å²) in [5.41, 5.74) is 0. The van der Waals surface area contributed by atoms with Crippen LogP contribution >= 0.6 is 0 Å². The van der Waals surface area contributed by atoms with Gasteiger partial charge in [0, 0.05) is 33.1 Å². The van der Waals surface area contributed by atoms with Crippen LogP contribution in [0, 0.1) is 0 Å². The Kier molecular flexibility index (Phi) is 59.0. The van der Waals surface area contributed by atoms with Gasteiger partial charge in [-0.3, -0.25) is 9.59 Å². The Morgan fingerprint density at radius 2 is 1.56 bits per heavy atom. The third-order valence-electron chi connectivity index (χ3n) is 0. The molecule has 9 heavy (non-hydrogen) atoms. The number of carbonyl (C=O) groups is 2. The molecular formula is C3H8O4SnZr. The van der Waals surface area contributed by atoms with E-state index in [0.717, 1.165) is 6.92 Å². The topological polar surface area (TPSA) is 74.6 Å². The van der Waals surface area contributed by atoms with Crippen LogP contribution in [0.15, 0.2) is 0 Å². The zero-order chi connectivity index (χ0) is 6.28. The molecule has 0 aromatic heterocycles. The molecule has 0 rings (SSSR count). The van der Waals surface area contributed by atoms with Crippen LogP contribution in [-0.2, 0) is 35.8 Å². The Labute approximate surface area is 88.7 Å². The maximum atomic E-state index is 9.00. The van der Waals surface area contributed by atoms with Crippen molar-refractivity contribution in [1.82, 2.24) is 0 Å². The Bertz CT molecular complexity index is 62.8. The first-order valence-corrected chi connectivity index (χ1v) is 1.42. The molecule has 4 nitrogen and oxygen atoms in total. The summed E-state index contributed by atoms with van der Waals surface area (Å²) in [5, 5.41) is 14.3. The monoisotopic (exact) mass is 318 g/mol. The molecule has 0 saturated heterocycles. The van der Waals surface area contributed by atoms with Crippen molar-refractivity contribution in [3.8, 4) is 0 Å². The van der Waals surface area contributed by atoms with Gasteiger partial charge in [-0.25, -0.2) is 0 Å². The molecule has 0 atom stereocenters. The average Bonchev–Trinajstić information content (AvgIpc) is 1.33. The molecule has 0 aliphatic rings. The van der Waals surface area contributed by atoms with Crippen LogP contribution in [-0.4, -0.2) is 46.6 Å². The van der Waals surface area contributed by atoms with Crippen LogP contribution in [0.3, 0.4) is 0 Å². The molecule has 0 spiro atoms. The molecule has 0 heterocycles. The van der Waals surface area contributed by atoms with E-state index in [9.17, 15) is 0 Å². The van der Waals surface area contributed by atoms with Crippen LogP contribution < -0.4 is 0 Å². The molecule has 2 radical (unpaired) electrons. The van der Waals surface area contributed by atoms with E-state index in [1.165, 1.54) is 0 Å². The summed E-state index contributed by atoms with van der Waals surface area (Å²) in [6.07, 6.45) is 0. The van der Waals surface area contributed by atoms with Gasteiger partial charge in [-0.05, 0) is 0 Å². The molecule has 0 fully saturated rings. The fourth-order valence-electron chi connectivity index (χ4n) is 0. The van der Waals surface area contributed by atoms with Gasteiger partial charge < -0.3 is 10.2 Å². The number of carboxylic acids is 1. The van der Waals surface area contributed by atoms with Crippen molar-refractivity contribution < 1.29 is 46.0 Å². The second-order valence-corrected chi connectivity index (χ2v) is 0.624. The molecule has 0 aromatic carbocycles. The Morgan fingerprint density at radius 3 is 1.56 bits per heavy atom. The summed E-state index contributed by atoms with van der Waals surface area (Å²) in [7, 11) is 0. The van der Waals surface area contributed by atoms with Gasteiger partial charge in [0.25, 0.3) is 12.4 Å². The van der Waals surface area contributed by atoms with Gasteiger partial charge in [0.05, 0.1) is 0 Å². The number of hydrogen-bond acceptors (Lipinski definition) is 2. The maximum Gasteiger partial charge on any atom is 0 e. The minimum absolute atomic E-state index is 0. The normalized spacial score (nSPS) is 4.11. The average molecular weight is 318 g/mol. The van der Waals surface area contributed by atoms with E-state index >= 15 is 0 Å². The molecule has 0 unspecified atom stereocenters.